The third-order valence-electron chi connectivity index (χ3n) is 3.43. The summed E-state index contributed by atoms with van der Waals surface area (Å²) in [5.41, 5.74) is 5.89. The minimum atomic E-state index is -3.83. The molecule has 0 radical (unpaired) electrons. The van der Waals surface area contributed by atoms with E-state index in [1.54, 1.807) is 0 Å². The average Bonchev–Trinajstić information content (AvgIpc) is 2.51. The quantitative estimate of drug-likeness (QED) is 0.272. The maximum atomic E-state index is 13.0. The molecule has 2 rings (SSSR count). The van der Waals surface area contributed by atoms with Crippen molar-refractivity contribution < 1.29 is 17.5 Å². The van der Waals surface area contributed by atoms with Crippen molar-refractivity contribution in [2.45, 2.75) is 17.9 Å². The van der Waals surface area contributed by atoms with Gasteiger partial charge in [0.05, 0.1) is 24.3 Å². The van der Waals surface area contributed by atoms with Crippen molar-refractivity contribution >= 4 is 51.6 Å². The standard InChI is InChI=1S/C14H20ClFN4O3S.HI/c1-10-9-20(6-7-23-10)14(17)18-4-5-19-24(21,22)13-3-2-11(16)8-12(13)15;/h2-3,8,10,19H,4-7,9H2,1H3,(H2,17,18);1H. The van der Waals surface area contributed by atoms with Crippen LogP contribution in [0.3, 0.4) is 0 Å². The Balaban J connectivity index is 0.00000312. The summed E-state index contributed by atoms with van der Waals surface area (Å²) in [6, 6.07) is 3.11. The highest BCUT2D eigenvalue weighted by molar-refractivity contribution is 14.0. The average molecular weight is 507 g/mol. The fourth-order valence-electron chi connectivity index (χ4n) is 2.25. The third-order valence-corrected chi connectivity index (χ3v) is 5.37. The molecule has 1 heterocycles. The number of nitrogens with zero attached hydrogens (tertiary/aromatic N) is 2. The fraction of sp³-hybridized carbons (Fsp3) is 0.500. The van der Waals surface area contributed by atoms with E-state index < -0.39 is 15.8 Å². The van der Waals surface area contributed by atoms with Crippen LogP contribution in [0.1, 0.15) is 6.92 Å². The van der Waals surface area contributed by atoms with E-state index in [0.717, 1.165) is 18.2 Å². The molecule has 0 spiro atoms. The maximum Gasteiger partial charge on any atom is 0.242 e. The molecule has 7 nitrogen and oxygen atoms in total. The summed E-state index contributed by atoms with van der Waals surface area (Å²) < 4.78 is 45.0. The molecule has 1 fully saturated rings. The second-order valence-corrected chi connectivity index (χ2v) is 7.48. The molecular formula is C14H21ClFIN4O3S. The van der Waals surface area contributed by atoms with Crippen molar-refractivity contribution in [1.82, 2.24) is 9.62 Å². The topological polar surface area (TPSA) is 97.0 Å². The molecule has 25 heavy (non-hydrogen) atoms. The largest absolute Gasteiger partial charge is 0.375 e. The molecule has 1 aromatic rings. The Kier molecular flexibility index (Phi) is 8.81. The van der Waals surface area contributed by atoms with E-state index in [9.17, 15) is 12.8 Å². The predicted molar refractivity (Wildman–Crippen MR) is 105 cm³/mol. The van der Waals surface area contributed by atoms with Gasteiger partial charge in [-0.25, -0.2) is 17.5 Å². The van der Waals surface area contributed by atoms with Crippen LogP contribution in [0, 0.1) is 5.82 Å². The van der Waals surface area contributed by atoms with Crippen LogP contribution in [0.25, 0.3) is 0 Å². The highest BCUT2D eigenvalue weighted by Crippen LogP contribution is 2.21. The maximum absolute atomic E-state index is 13.0. The van der Waals surface area contributed by atoms with Crippen molar-refractivity contribution in [2.75, 3.05) is 32.8 Å². The third kappa shape index (κ3) is 6.51. The molecule has 0 aliphatic carbocycles. The number of benzene rings is 1. The lowest BCUT2D eigenvalue weighted by atomic mass is 10.3. The van der Waals surface area contributed by atoms with E-state index in [2.05, 4.69) is 9.71 Å². The van der Waals surface area contributed by atoms with Crippen LogP contribution in [0.5, 0.6) is 0 Å². The molecule has 11 heteroatoms. The van der Waals surface area contributed by atoms with Gasteiger partial charge in [-0.15, -0.1) is 24.0 Å². The Morgan fingerprint density at radius 3 is 2.92 bits per heavy atom. The molecule has 1 aliphatic heterocycles. The number of guanidine groups is 1. The molecule has 142 valence electrons. The summed E-state index contributed by atoms with van der Waals surface area (Å²) in [5.74, 6) is -0.250. The zero-order valence-electron chi connectivity index (χ0n) is 13.6. The first-order valence-electron chi connectivity index (χ1n) is 7.41. The number of nitrogens with one attached hydrogen (secondary N) is 1. The second kappa shape index (κ2) is 9.86. The second-order valence-electron chi connectivity index (χ2n) is 5.34. The summed E-state index contributed by atoms with van der Waals surface area (Å²) in [4.78, 5) is 5.87. The molecule has 0 bridgehead atoms. The molecule has 3 N–H and O–H groups in total. The van der Waals surface area contributed by atoms with E-state index in [1.165, 1.54) is 0 Å². The van der Waals surface area contributed by atoms with E-state index in [0.29, 0.717) is 25.7 Å². The number of rotatable bonds is 5. The summed E-state index contributed by atoms with van der Waals surface area (Å²) in [6.45, 7) is 4.04. The number of nitrogens with two attached hydrogens (primary N) is 1. The monoisotopic (exact) mass is 506 g/mol. The molecule has 0 aromatic heterocycles. The van der Waals surface area contributed by atoms with Crippen LogP contribution in [0.15, 0.2) is 28.1 Å². The van der Waals surface area contributed by atoms with Crippen molar-refractivity contribution in [1.29, 1.82) is 0 Å². The number of hydrogen-bond donors (Lipinski definition) is 2. The van der Waals surface area contributed by atoms with E-state index >= 15 is 0 Å². The zero-order chi connectivity index (χ0) is 17.7. The predicted octanol–water partition coefficient (Wildman–Crippen LogP) is 1.41. The van der Waals surface area contributed by atoms with Gasteiger partial charge in [-0.05, 0) is 25.1 Å². The molecule has 1 aromatic carbocycles. The molecule has 0 amide bonds. The Bertz CT molecular complexity index is 720. The Morgan fingerprint density at radius 1 is 1.56 bits per heavy atom. The first kappa shape index (κ1) is 22.4. The highest BCUT2D eigenvalue weighted by Gasteiger charge is 2.19. The lowest BCUT2D eigenvalue weighted by Gasteiger charge is -2.31. The zero-order valence-corrected chi connectivity index (χ0v) is 17.5. The minimum absolute atomic E-state index is 0. The van der Waals surface area contributed by atoms with Crippen LogP contribution in [-0.2, 0) is 14.8 Å². The van der Waals surface area contributed by atoms with Crippen LogP contribution in [0.2, 0.25) is 5.02 Å². The van der Waals surface area contributed by atoms with Crippen molar-refractivity contribution in [3.63, 3.8) is 0 Å². The number of morpholine rings is 1. The highest BCUT2D eigenvalue weighted by atomic mass is 127. The van der Waals surface area contributed by atoms with Gasteiger partial charge in [-0.1, -0.05) is 11.6 Å². The first-order chi connectivity index (χ1) is 11.3. The van der Waals surface area contributed by atoms with Gasteiger partial charge in [0, 0.05) is 19.6 Å². The van der Waals surface area contributed by atoms with Gasteiger partial charge in [-0.2, -0.15) is 0 Å². The molecule has 1 unspecified atom stereocenters. The van der Waals surface area contributed by atoms with Gasteiger partial charge in [0.2, 0.25) is 10.0 Å². The van der Waals surface area contributed by atoms with Crippen LogP contribution in [-0.4, -0.2) is 58.2 Å². The summed E-state index contributed by atoms with van der Waals surface area (Å²) in [7, 11) is -3.83. The van der Waals surface area contributed by atoms with E-state index in [1.807, 2.05) is 11.8 Å². The van der Waals surface area contributed by atoms with Crippen molar-refractivity contribution in [3.05, 3.63) is 29.0 Å². The summed E-state index contributed by atoms with van der Waals surface area (Å²) >= 11 is 5.77. The minimum Gasteiger partial charge on any atom is -0.375 e. The van der Waals surface area contributed by atoms with E-state index in [4.69, 9.17) is 22.1 Å². The van der Waals surface area contributed by atoms with Gasteiger partial charge in [-0.3, -0.25) is 4.99 Å². The van der Waals surface area contributed by atoms with Gasteiger partial charge >= 0.3 is 0 Å². The van der Waals surface area contributed by atoms with Crippen molar-refractivity contribution in [2.24, 2.45) is 10.7 Å². The molecular weight excluding hydrogens is 486 g/mol. The SMILES string of the molecule is CC1CN(C(N)=NCCNS(=O)(=O)c2ccc(F)cc2Cl)CCO1.I. The first-order valence-corrected chi connectivity index (χ1v) is 9.27. The molecule has 1 saturated heterocycles. The number of hydrogen-bond acceptors (Lipinski definition) is 4. The summed E-state index contributed by atoms with van der Waals surface area (Å²) in [5, 5.41) is -0.173. The molecule has 1 atom stereocenters. The summed E-state index contributed by atoms with van der Waals surface area (Å²) in [6.07, 6.45) is 0.0756. The number of sulfonamides is 1. The van der Waals surface area contributed by atoms with Gasteiger partial charge in [0.25, 0.3) is 0 Å². The Hall–Kier alpha value is -0.690. The molecule has 1 aliphatic rings. The smallest absolute Gasteiger partial charge is 0.242 e. The number of ether oxygens (including phenoxy) is 1. The number of aliphatic imine (C=N–C) groups is 1. The van der Waals surface area contributed by atoms with Gasteiger partial charge in [0.1, 0.15) is 10.7 Å². The normalized spacial score (nSPS) is 18.8. The Labute approximate surface area is 168 Å². The van der Waals surface area contributed by atoms with Gasteiger partial charge < -0.3 is 15.4 Å². The van der Waals surface area contributed by atoms with Gasteiger partial charge in [0.15, 0.2) is 5.96 Å². The Morgan fingerprint density at radius 2 is 2.28 bits per heavy atom. The lowest BCUT2D eigenvalue weighted by Crippen LogP contribution is -2.48. The van der Waals surface area contributed by atoms with E-state index in [-0.39, 0.29) is 53.1 Å². The van der Waals surface area contributed by atoms with Crippen LogP contribution < -0.4 is 10.5 Å². The van der Waals surface area contributed by atoms with Crippen LogP contribution >= 0.6 is 35.6 Å². The van der Waals surface area contributed by atoms with Crippen molar-refractivity contribution in [3.8, 4) is 0 Å². The number of halogens is 3. The lowest BCUT2D eigenvalue weighted by molar-refractivity contribution is 0.00530. The molecule has 0 saturated carbocycles. The van der Waals surface area contributed by atoms with Crippen LogP contribution in [0.4, 0.5) is 4.39 Å². The fourth-order valence-corrected chi connectivity index (χ4v) is 3.80.